The van der Waals surface area contributed by atoms with Gasteiger partial charge in [0.05, 0.1) is 5.92 Å². The van der Waals surface area contributed by atoms with Crippen LogP contribution >= 0.6 is 0 Å². The number of hydrogen-bond donors (Lipinski definition) is 0. The monoisotopic (exact) mass is 359 g/mol. The van der Waals surface area contributed by atoms with Crippen molar-refractivity contribution in [2.45, 2.75) is 12.8 Å². The molecule has 0 aromatic carbocycles. The van der Waals surface area contributed by atoms with Gasteiger partial charge in [0.25, 0.3) is 0 Å². The van der Waals surface area contributed by atoms with E-state index in [1.807, 2.05) is 42.1 Å². The maximum absolute atomic E-state index is 12.8. The van der Waals surface area contributed by atoms with E-state index in [9.17, 15) is 9.59 Å². The minimum Gasteiger partial charge on any atom is -0.353 e. The van der Waals surface area contributed by atoms with Crippen molar-refractivity contribution in [3.8, 4) is 0 Å². The standard InChI is InChI=1S/C19H29N5O2/c1-21(2)8-5-9-24-15-16(14-18(24)25)19(26)23-12-10-22(11-13-23)17-6-3-4-7-20-17/h3-4,6-7,16H,5,8-15H2,1-2H3. The first-order valence-corrected chi connectivity index (χ1v) is 9.42. The molecule has 1 unspecified atom stereocenters. The molecule has 2 amide bonds. The Morgan fingerprint density at radius 2 is 2.00 bits per heavy atom. The number of nitrogens with zero attached hydrogens (tertiary/aromatic N) is 5. The molecule has 0 saturated carbocycles. The summed E-state index contributed by atoms with van der Waals surface area (Å²) in [6.45, 7) is 5.24. The van der Waals surface area contributed by atoms with E-state index in [2.05, 4.69) is 14.8 Å². The van der Waals surface area contributed by atoms with Crippen molar-refractivity contribution in [1.29, 1.82) is 0 Å². The van der Waals surface area contributed by atoms with Gasteiger partial charge in [-0.1, -0.05) is 6.07 Å². The van der Waals surface area contributed by atoms with Gasteiger partial charge >= 0.3 is 0 Å². The van der Waals surface area contributed by atoms with Crippen molar-refractivity contribution in [2.75, 3.05) is 64.8 Å². The molecule has 0 radical (unpaired) electrons. The van der Waals surface area contributed by atoms with Crippen LogP contribution in [-0.4, -0.2) is 91.4 Å². The van der Waals surface area contributed by atoms with E-state index in [0.717, 1.165) is 38.4 Å². The van der Waals surface area contributed by atoms with E-state index in [1.165, 1.54) is 0 Å². The number of amides is 2. The van der Waals surface area contributed by atoms with Gasteiger partial charge in [0.2, 0.25) is 11.8 Å². The van der Waals surface area contributed by atoms with E-state index in [4.69, 9.17) is 0 Å². The molecule has 26 heavy (non-hydrogen) atoms. The largest absolute Gasteiger partial charge is 0.353 e. The zero-order valence-electron chi connectivity index (χ0n) is 15.8. The molecule has 2 saturated heterocycles. The summed E-state index contributed by atoms with van der Waals surface area (Å²) in [6, 6.07) is 5.89. The summed E-state index contributed by atoms with van der Waals surface area (Å²) >= 11 is 0. The van der Waals surface area contributed by atoms with Gasteiger partial charge in [0, 0.05) is 51.9 Å². The Labute approximate surface area is 155 Å². The highest BCUT2D eigenvalue weighted by Crippen LogP contribution is 2.22. The predicted molar refractivity (Wildman–Crippen MR) is 101 cm³/mol. The van der Waals surface area contributed by atoms with Crippen molar-refractivity contribution >= 4 is 17.6 Å². The molecule has 0 N–H and O–H groups in total. The second-order valence-electron chi connectivity index (χ2n) is 7.40. The van der Waals surface area contributed by atoms with Crippen LogP contribution in [-0.2, 0) is 9.59 Å². The quantitative estimate of drug-likeness (QED) is 0.742. The summed E-state index contributed by atoms with van der Waals surface area (Å²) in [5.74, 6) is 1.04. The Bertz CT molecular complexity index is 614. The van der Waals surface area contributed by atoms with E-state index in [-0.39, 0.29) is 17.7 Å². The van der Waals surface area contributed by atoms with E-state index in [1.54, 1.807) is 6.20 Å². The highest BCUT2D eigenvalue weighted by molar-refractivity contribution is 5.89. The zero-order chi connectivity index (χ0) is 18.5. The fourth-order valence-electron chi connectivity index (χ4n) is 3.69. The number of likely N-dealkylation sites (tertiary alicyclic amines) is 1. The topological polar surface area (TPSA) is 60.0 Å². The molecule has 2 aliphatic heterocycles. The van der Waals surface area contributed by atoms with Crippen molar-refractivity contribution < 1.29 is 9.59 Å². The van der Waals surface area contributed by atoms with Crippen molar-refractivity contribution in [3.63, 3.8) is 0 Å². The highest BCUT2D eigenvalue weighted by Gasteiger charge is 2.37. The molecule has 0 spiro atoms. The lowest BCUT2D eigenvalue weighted by molar-refractivity contribution is -0.136. The third-order valence-corrected chi connectivity index (χ3v) is 5.16. The summed E-state index contributed by atoms with van der Waals surface area (Å²) in [4.78, 5) is 37.5. The Morgan fingerprint density at radius 1 is 1.23 bits per heavy atom. The predicted octanol–water partition coefficient (Wildman–Crippen LogP) is 0.530. The fourth-order valence-corrected chi connectivity index (χ4v) is 3.69. The Kier molecular flexibility index (Phi) is 6.08. The summed E-state index contributed by atoms with van der Waals surface area (Å²) in [6.07, 6.45) is 3.10. The van der Waals surface area contributed by atoms with Crippen molar-refractivity contribution in [2.24, 2.45) is 5.92 Å². The van der Waals surface area contributed by atoms with E-state index < -0.39 is 0 Å². The van der Waals surface area contributed by atoms with Gasteiger partial charge in [-0.15, -0.1) is 0 Å². The average Bonchev–Trinajstić information content (AvgIpc) is 3.02. The number of aromatic nitrogens is 1. The van der Waals surface area contributed by atoms with Crippen LogP contribution in [0.1, 0.15) is 12.8 Å². The number of carbonyl (C=O) groups excluding carboxylic acids is 2. The third-order valence-electron chi connectivity index (χ3n) is 5.16. The first-order valence-electron chi connectivity index (χ1n) is 9.42. The summed E-state index contributed by atoms with van der Waals surface area (Å²) in [5.41, 5.74) is 0. The van der Waals surface area contributed by atoms with Gasteiger partial charge in [0.1, 0.15) is 5.82 Å². The molecule has 1 aromatic rings. The molecule has 2 fully saturated rings. The minimum absolute atomic E-state index is 0.120. The number of carbonyl (C=O) groups is 2. The molecule has 0 bridgehead atoms. The van der Waals surface area contributed by atoms with E-state index >= 15 is 0 Å². The van der Waals surface area contributed by atoms with Gasteiger partial charge in [-0.25, -0.2) is 4.98 Å². The Hall–Kier alpha value is -2.15. The van der Waals surface area contributed by atoms with Crippen LogP contribution in [0, 0.1) is 5.92 Å². The average molecular weight is 359 g/mol. The number of pyridine rings is 1. The van der Waals surface area contributed by atoms with Crippen LogP contribution in [0.3, 0.4) is 0 Å². The van der Waals surface area contributed by atoms with E-state index in [0.29, 0.717) is 26.1 Å². The summed E-state index contributed by atoms with van der Waals surface area (Å²) in [5, 5.41) is 0. The van der Waals surface area contributed by atoms with Gasteiger partial charge in [-0.2, -0.15) is 0 Å². The zero-order valence-corrected chi connectivity index (χ0v) is 15.8. The summed E-state index contributed by atoms with van der Waals surface area (Å²) in [7, 11) is 4.06. The lowest BCUT2D eigenvalue weighted by Gasteiger charge is -2.36. The lowest BCUT2D eigenvalue weighted by Crippen LogP contribution is -2.51. The SMILES string of the molecule is CN(C)CCCN1CC(C(=O)N2CCN(c3ccccn3)CC2)CC1=O. The first kappa shape index (κ1) is 18.6. The number of hydrogen-bond acceptors (Lipinski definition) is 5. The van der Waals surface area contributed by atoms with Crippen LogP contribution in [0.5, 0.6) is 0 Å². The smallest absolute Gasteiger partial charge is 0.228 e. The summed E-state index contributed by atoms with van der Waals surface area (Å²) < 4.78 is 0. The van der Waals surface area contributed by atoms with Gasteiger partial charge in [0.15, 0.2) is 0 Å². The van der Waals surface area contributed by atoms with Crippen LogP contribution in [0.2, 0.25) is 0 Å². The molecular formula is C19H29N5O2. The third kappa shape index (κ3) is 4.52. The van der Waals surface area contributed by atoms with Crippen LogP contribution < -0.4 is 4.90 Å². The number of rotatable bonds is 6. The Balaban J connectivity index is 1.47. The minimum atomic E-state index is -0.178. The molecule has 142 valence electrons. The second-order valence-corrected chi connectivity index (χ2v) is 7.40. The second kappa shape index (κ2) is 8.49. The molecule has 7 heteroatoms. The Morgan fingerprint density at radius 3 is 2.65 bits per heavy atom. The van der Waals surface area contributed by atoms with Gasteiger partial charge in [-0.05, 0) is 39.2 Å². The van der Waals surface area contributed by atoms with Crippen LogP contribution in [0.15, 0.2) is 24.4 Å². The van der Waals surface area contributed by atoms with Crippen molar-refractivity contribution in [3.05, 3.63) is 24.4 Å². The molecule has 1 aromatic heterocycles. The molecule has 1 atom stereocenters. The molecular weight excluding hydrogens is 330 g/mol. The molecule has 3 heterocycles. The highest BCUT2D eigenvalue weighted by atomic mass is 16.2. The fraction of sp³-hybridized carbons (Fsp3) is 0.632. The van der Waals surface area contributed by atoms with Crippen molar-refractivity contribution in [1.82, 2.24) is 19.7 Å². The maximum atomic E-state index is 12.8. The van der Waals surface area contributed by atoms with Gasteiger partial charge < -0.3 is 19.6 Å². The number of piperazine rings is 1. The normalized spacial score (nSPS) is 21.0. The van der Waals surface area contributed by atoms with Crippen LogP contribution in [0.4, 0.5) is 5.82 Å². The van der Waals surface area contributed by atoms with Gasteiger partial charge in [-0.3, -0.25) is 9.59 Å². The van der Waals surface area contributed by atoms with Crippen LogP contribution in [0.25, 0.3) is 0 Å². The number of anilines is 1. The maximum Gasteiger partial charge on any atom is 0.228 e. The molecule has 0 aliphatic carbocycles. The molecule has 3 rings (SSSR count). The lowest BCUT2D eigenvalue weighted by atomic mass is 10.1. The first-order chi connectivity index (χ1) is 12.5. The molecule has 2 aliphatic rings. The molecule has 7 nitrogen and oxygen atoms in total.